The highest BCUT2D eigenvalue weighted by Gasteiger charge is 2.41. The molecule has 1 heterocycles. The summed E-state index contributed by atoms with van der Waals surface area (Å²) >= 11 is 0. The third kappa shape index (κ3) is 1.98. The van der Waals surface area contributed by atoms with Crippen LogP contribution >= 0.6 is 0 Å². The number of aliphatic hydroxyl groups excluding tert-OH is 5. The molecule has 1 aliphatic heterocycles. The molecule has 6 N–H and O–H groups in total. The van der Waals surface area contributed by atoms with Gasteiger partial charge < -0.3 is 30.8 Å². The van der Waals surface area contributed by atoms with Gasteiger partial charge in [-0.05, 0) is 0 Å². The number of hydrogen-bond acceptors (Lipinski definition) is 6. The van der Waals surface area contributed by atoms with E-state index < -0.39 is 30.4 Å². The fourth-order valence-electron chi connectivity index (χ4n) is 1.47. The summed E-state index contributed by atoms with van der Waals surface area (Å²) in [5.74, 6) is 0. The Kier molecular flexibility index (Phi) is 3.60. The summed E-state index contributed by atoms with van der Waals surface area (Å²) in [6.07, 6.45) is -3.78. The topological polar surface area (TPSA) is 113 Å². The molecule has 0 aromatic rings. The molecule has 1 aliphatic rings. The second-order valence-corrected chi connectivity index (χ2v) is 3.22. The van der Waals surface area contributed by atoms with E-state index in [2.05, 4.69) is 5.32 Å². The van der Waals surface area contributed by atoms with Gasteiger partial charge in [-0.15, -0.1) is 0 Å². The van der Waals surface area contributed by atoms with Gasteiger partial charge in [-0.1, -0.05) is 0 Å². The van der Waals surface area contributed by atoms with E-state index in [-0.39, 0.29) is 13.2 Å². The SMILES string of the molecule is OCC1NC(CO)[C@@H](O)C(O)[C@@H]1O. The van der Waals surface area contributed by atoms with Crippen molar-refractivity contribution in [2.75, 3.05) is 13.2 Å². The van der Waals surface area contributed by atoms with Gasteiger partial charge in [0.1, 0.15) is 6.10 Å². The zero-order chi connectivity index (χ0) is 10.0. The summed E-state index contributed by atoms with van der Waals surface area (Å²) in [4.78, 5) is 0. The summed E-state index contributed by atoms with van der Waals surface area (Å²) in [6, 6.07) is -1.42. The van der Waals surface area contributed by atoms with E-state index in [9.17, 15) is 15.3 Å². The predicted molar refractivity (Wildman–Crippen MR) is 42.9 cm³/mol. The monoisotopic (exact) mass is 193 g/mol. The Balaban J connectivity index is 2.66. The molecule has 4 atom stereocenters. The second kappa shape index (κ2) is 4.32. The molecule has 2 unspecified atom stereocenters. The highest BCUT2D eigenvalue weighted by molar-refractivity contribution is 4.97. The maximum absolute atomic E-state index is 9.31. The first-order valence-electron chi connectivity index (χ1n) is 4.13. The lowest BCUT2D eigenvalue weighted by atomic mass is 9.91. The molecular formula is C7H15NO5. The first kappa shape index (κ1) is 10.8. The van der Waals surface area contributed by atoms with Gasteiger partial charge in [0, 0.05) is 0 Å². The molecule has 1 rings (SSSR count). The number of nitrogens with one attached hydrogen (secondary N) is 1. The molecule has 0 aromatic carbocycles. The molecule has 6 nitrogen and oxygen atoms in total. The van der Waals surface area contributed by atoms with E-state index >= 15 is 0 Å². The van der Waals surface area contributed by atoms with Crippen LogP contribution in [-0.4, -0.2) is 69.1 Å². The van der Waals surface area contributed by atoms with Crippen LogP contribution in [0.25, 0.3) is 0 Å². The molecule has 0 radical (unpaired) electrons. The van der Waals surface area contributed by atoms with Crippen molar-refractivity contribution in [3.8, 4) is 0 Å². The zero-order valence-corrected chi connectivity index (χ0v) is 7.04. The summed E-state index contributed by atoms with van der Waals surface area (Å²) in [7, 11) is 0. The van der Waals surface area contributed by atoms with E-state index in [1.54, 1.807) is 0 Å². The Bertz CT molecular complexity index is 147. The molecule has 0 aliphatic carbocycles. The third-order valence-electron chi connectivity index (χ3n) is 2.35. The van der Waals surface area contributed by atoms with Crippen LogP contribution in [0.2, 0.25) is 0 Å². The van der Waals surface area contributed by atoms with Crippen LogP contribution in [0.1, 0.15) is 0 Å². The average Bonchev–Trinajstić information content (AvgIpc) is 2.15. The number of rotatable bonds is 2. The average molecular weight is 193 g/mol. The Labute approximate surface area is 75.4 Å². The van der Waals surface area contributed by atoms with Gasteiger partial charge in [-0.2, -0.15) is 0 Å². The minimum Gasteiger partial charge on any atom is -0.395 e. The van der Waals surface area contributed by atoms with Crippen molar-refractivity contribution in [2.45, 2.75) is 30.4 Å². The van der Waals surface area contributed by atoms with E-state index in [0.29, 0.717) is 0 Å². The number of aliphatic hydroxyl groups is 5. The molecule has 0 amide bonds. The van der Waals surface area contributed by atoms with Crippen molar-refractivity contribution in [1.82, 2.24) is 5.32 Å². The third-order valence-corrected chi connectivity index (χ3v) is 2.35. The van der Waals surface area contributed by atoms with Crippen molar-refractivity contribution in [1.29, 1.82) is 0 Å². The van der Waals surface area contributed by atoms with Gasteiger partial charge in [-0.3, -0.25) is 0 Å². The lowest BCUT2D eigenvalue weighted by Gasteiger charge is -2.40. The molecule has 1 saturated heterocycles. The van der Waals surface area contributed by atoms with Crippen LogP contribution < -0.4 is 5.32 Å². The molecule has 13 heavy (non-hydrogen) atoms. The van der Waals surface area contributed by atoms with E-state index in [1.807, 2.05) is 0 Å². The highest BCUT2D eigenvalue weighted by atomic mass is 16.4. The van der Waals surface area contributed by atoms with Crippen molar-refractivity contribution in [2.24, 2.45) is 0 Å². The summed E-state index contributed by atoms with van der Waals surface area (Å²) in [5.41, 5.74) is 0. The van der Waals surface area contributed by atoms with Crippen molar-refractivity contribution in [3.63, 3.8) is 0 Å². The zero-order valence-electron chi connectivity index (χ0n) is 7.04. The maximum Gasteiger partial charge on any atom is 0.109 e. The molecule has 0 bridgehead atoms. The molecule has 0 spiro atoms. The van der Waals surface area contributed by atoms with Crippen LogP contribution in [0.4, 0.5) is 0 Å². The minimum absolute atomic E-state index is 0.360. The van der Waals surface area contributed by atoms with E-state index in [4.69, 9.17) is 10.2 Å². The van der Waals surface area contributed by atoms with Gasteiger partial charge in [0.15, 0.2) is 0 Å². The van der Waals surface area contributed by atoms with Crippen molar-refractivity contribution in [3.05, 3.63) is 0 Å². The Morgan fingerprint density at radius 2 is 1.15 bits per heavy atom. The fraction of sp³-hybridized carbons (Fsp3) is 1.00. The van der Waals surface area contributed by atoms with Gasteiger partial charge in [0.25, 0.3) is 0 Å². The van der Waals surface area contributed by atoms with Crippen LogP contribution in [0.5, 0.6) is 0 Å². The molecule has 78 valence electrons. The smallest absolute Gasteiger partial charge is 0.109 e. The summed E-state index contributed by atoms with van der Waals surface area (Å²) in [5, 5.41) is 48.1. The lowest BCUT2D eigenvalue weighted by molar-refractivity contribution is -0.125. The van der Waals surface area contributed by atoms with Crippen molar-refractivity contribution < 1.29 is 25.5 Å². The number of piperidine rings is 1. The van der Waals surface area contributed by atoms with Crippen molar-refractivity contribution >= 4 is 0 Å². The summed E-state index contributed by atoms with van der Waals surface area (Å²) in [6.45, 7) is -0.719. The van der Waals surface area contributed by atoms with Crippen LogP contribution in [0.3, 0.4) is 0 Å². The Hall–Kier alpha value is -0.240. The van der Waals surface area contributed by atoms with E-state index in [0.717, 1.165) is 0 Å². The first-order chi connectivity index (χ1) is 6.11. The normalized spacial score (nSPS) is 46.4. The van der Waals surface area contributed by atoms with E-state index in [1.165, 1.54) is 0 Å². The maximum atomic E-state index is 9.31. The largest absolute Gasteiger partial charge is 0.395 e. The van der Waals surface area contributed by atoms with Gasteiger partial charge in [0.05, 0.1) is 37.5 Å². The van der Waals surface area contributed by atoms with Gasteiger partial charge in [-0.25, -0.2) is 0 Å². The molecule has 0 saturated carbocycles. The predicted octanol–water partition coefficient (Wildman–Crippen LogP) is -3.61. The first-order valence-corrected chi connectivity index (χ1v) is 4.13. The summed E-state index contributed by atoms with van der Waals surface area (Å²) < 4.78 is 0. The standard InChI is InChI=1S/C7H15NO5/c9-1-3-5(11)7(13)6(12)4(2-10)8-3/h3-13H,1-2H2/t3?,4?,5-,6-,7?/m1/s1. The molecule has 6 heteroatoms. The Morgan fingerprint density at radius 1 is 0.769 bits per heavy atom. The molecule has 0 aromatic heterocycles. The fourth-order valence-corrected chi connectivity index (χ4v) is 1.47. The molecular weight excluding hydrogens is 178 g/mol. The molecule has 1 fully saturated rings. The highest BCUT2D eigenvalue weighted by Crippen LogP contribution is 2.14. The lowest BCUT2D eigenvalue weighted by Crippen LogP contribution is -2.66. The van der Waals surface area contributed by atoms with Gasteiger partial charge >= 0.3 is 0 Å². The van der Waals surface area contributed by atoms with Crippen LogP contribution in [-0.2, 0) is 0 Å². The Morgan fingerprint density at radius 3 is 1.46 bits per heavy atom. The van der Waals surface area contributed by atoms with Crippen LogP contribution in [0.15, 0.2) is 0 Å². The quantitative estimate of drug-likeness (QED) is 0.270. The number of hydrogen-bond donors (Lipinski definition) is 6. The second-order valence-electron chi connectivity index (χ2n) is 3.22. The van der Waals surface area contributed by atoms with Gasteiger partial charge in [0.2, 0.25) is 0 Å². The van der Waals surface area contributed by atoms with Crippen LogP contribution in [0, 0.1) is 0 Å². The minimum atomic E-state index is -1.34.